The van der Waals surface area contributed by atoms with Crippen molar-refractivity contribution in [2.45, 2.75) is 32.2 Å². The van der Waals surface area contributed by atoms with Gasteiger partial charge >= 0.3 is 0 Å². The second kappa shape index (κ2) is 7.69. The van der Waals surface area contributed by atoms with Crippen molar-refractivity contribution in [2.24, 2.45) is 5.73 Å². The third kappa shape index (κ3) is 4.04. The molecule has 124 valence electrons. The van der Waals surface area contributed by atoms with Crippen LogP contribution < -0.4 is 5.73 Å². The highest BCUT2D eigenvalue weighted by Crippen LogP contribution is 2.30. The van der Waals surface area contributed by atoms with Crippen LogP contribution in [0.2, 0.25) is 0 Å². The number of nitrogens with zero attached hydrogens (tertiary/aromatic N) is 5. The summed E-state index contributed by atoms with van der Waals surface area (Å²) in [5.74, 6) is -0.620. The number of likely N-dealkylation sites (tertiary alicyclic amines) is 1. The smallest absolute Gasteiger partial charge is 0.290 e. The number of rotatable bonds is 7. The second-order valence-electron chi connectivity index (χ2n) is 5.33. The SMILES string of the molecule is CCN(CCC#N)C(=O)CN1CCC[C@@H]1c1nc(C(N)=O)no1. The number of nitriles is 1. The number of amides is 2. The number of hydrogen-bond acceptors (Lipinski definition) is 7. The Morgan fingerprint density at radius 1 is 1.57 bits per heavy atom. The van der Waals surface area contributed by atoms with E-state index in [1.54, 1.807) is 4.90 Å². The first-order valence-corrected chi connectivity index (χ1v) is 7.59. The van der Waals surface area contributed by atoms with E-state index in [2.05, 4.69) is 10.1 Å². The first-order valence-electron chi connectivity index (χ1n) is 7.59. The molecule has 1 atom stereocenters. The fourth-order valence-corrected chi connectivity index (χ4v) is 2.68. The van der Waals surface area contributed by atoms with Gasteiger partial charge in [0, 0.05) is 13.1 Å². The Morgan fingerprint density at radius 3 is 2.96 bits per heavy atom. The zero-order valence-electron chi connectivity index (χ0n) is 13.1. The number of carbonyl (C=O) groups is 2. The van der Waals surface area contributed by atoms with Gasteiger partial charge in [-0.25, -0.2) is 0 Å². The summed E-state index contributed by atoms with van der Waals surface area (Å²) in [6.45, 7) is 3.83. The lowest BCUT2D eigenvalue weighted by molar-refractivity contribution is -0.132. The summed E-state index contributed by atoms with van der Waals surface area (Å²) in [7, 11) is 0. The number of primary amides is 1. The van der Waals surface area contributed by atoms with Gasteiger partial charge in [-0.3, -0.25) is 14.5 Å². The van der Waals surface area contributed by atoms with Crippen molar-refractivity contribution in [1.29, 1.82) is 5.26 Å². The molecule has 1 fully saturated rings. The molecule has 0 radical (unpaired) electrons. The summed E-state index contributed by atoms with van der Waals surface area (Å²) in [5.41, 5.74) is 5.12. The Kier molecular flexibility index (Phi) is 5.65. The molecule has 23 heavy (non-hydrogen) atoms. The molecule has 2 N–H and O–H groups in total. The minimum Gasteiger partial charge on any atom is -0.363 e. The van der Waals surface area contributed by atoms with E-state index in [-0.39, 0.29) is 24.3 Å². The molecule has 1 aliphatic heterocycles. The average molecular weight is 320 g/mol. The zero-order chi connectivity index (χ0) is 16.8. The van der Waals surface area contributed by atoms with Crippen LogP contribution in [-0.4, -0.2) is 57.9 Å². The van der Waals surface area contributed by atoms with E-state index in [0.29, 0.717) is 25.4 Å². The summed E-state index contributed by atoms with van der Waals surface area (Å²) in [4.78, 5) is 31.0. The maximum atomic E-state index is 12.4. The van der Waals surface area contributed by atoms with Crippen LogP contribution in [0.25, 0.3) is 0 Å². The standard InChI is InChI=1S/C14H20N6O3/c1-2-19(8-4-6-15)11(21)9-20-7-3-5-10(20)14-17-13(12(16)22)18-23-14/h10H,2-5,7-9H2,1H3,(H2,16,22)/t10-/m1/s1. The predicted octanol–water partition coefficient (Wildman–Crippen LogP) is 0.0676. The summed E-state index contributed by atoms with van der Waals surface area (Å²) >= 11 is 0. The van der Waals surface area contributed by atoms with Gasteiger partial charge in [0.05, 0.1) is 25.1 Å². The van der Waals surface area contributed by atoms with E-state index < -0.39 is 5.91 Å². The van der Waals surface area contributed by atoms with Crippen LogP contribution in [0, 0.1) is 11.3 Å². The molecule has 9 heteroatoms. The highest BCUT2D eigenvalue weighted by atomic mass is 16.5. The molecule has 0 aliphatic carbocycles. The minimum atomic E-state index is -0.741. The van der Waals surface area contributed by atoms with Gasteiger partial charge in [-0.05, 0) is 26.3 Å². The van der Waals surface area contributed by atoms with Crippen molar-refractivity contribution < 1.29 is 14.1 Å². The molecule has 2 rings (SSSR count). The number of hydrogen-bond donors (Lipinski definition) is 1. The normalized spacial score (nSPS) is 17.8. The zero-order valence-corrected chi connectivity index (χ0v) is 13.1. The van der Waals surface area contributed by atoms with Gasteiger partial charge < -0.3 is 15.2 Å². The van der Waals surface area contributed by atoms with Gasteiger partial charge in [0.2, 0.25) is 11.8 Å². The molecule has 9 nitrogen and oxygen atoms in total. The van der Waals surface area contributed by atoms with Gasteiger partial charge in [0.15, 0.2) is 0 Å². The van der Waals surface area contributed by atoms with Crippen molar-refractivity contribution in [2.75, 3.05) is 26.2 Å². The van der Waals surface area contributed by atoms with E-state index in [1.807, 2.05) is 17.9 Å². The monoisotopic (exact) mass is 320 g/mol. The second-order valence-corrected chi connectivity index (χ2v) is 5.33. The number of carbonyl (C=O) groups excluding carboxylic acids is 2. The largest absolute Gasteiger partial charge is 0.363 e. The van der Waals surface area contributed by atoms with Crippen LogP contribution >= 0.6 is 0 Å². The number of nitrogens with two attached hydrogens (primary N) is 1. The van der Waals surface area contributed by atoms with E-state index in [1.165, 1.54) is 0 Å². The molecular weight excluding hydrogens is 300 g/mol. The molecule has 0 aromatic carbocycles. The van der Waals surface area contributed by atoms with Crippen LogP contribution in [0.3, 0.4) is 0 Å². The van der Waals surface area contributed by atoms with Gasteiger partial charge in [-0.2, -0.15) is 10.2 Å². The van der Waals surface area contributed by atoms with Gasteiger partial charge in [-0.15, -0.1) is 0 Å². The van der Waals surface area contributed by atoms with Crippen LogP contribution in [0.4, 0.5) is 0 Å². The highest BCUT2D eigenvalue weighted by Gasteiger charge is 2.33. The molecule has 0 spiro atoms. The maximum Gasteiger partial charge on any atom is 0.290 e. The van der Waals surface area contributed by atoms with Crippen molar-refractivity contribution in [3.8, 4) is 6.07 Å². The van der Waals surface area contributed by atoms with Crippen molar-refractivity contribution in [1.82, 2.24) is 19.9 Å². The van der Waals surface area contributed by atoms with E-state index in [0.717, 1.165) is 19.4 Å². The Labute approximate surface area is 134 Å². The van der Waals surface area contributed by atoms with E-state index in [9.17, 15) is 9.59 Å². The lowest BCUT2D eigenvalue weighted by Crippen LogP contribution is -2.40. The predicted molar refractivity (Wildman–Crippen MR) is 78.8 cm³/mol. The first kappa shape index (κ1) is 16.9. The Balaban J connectivity index is 2.02. The fraction of sp³-hybridized carbons (Fsp3) is 0.643. The molecule has 0 bridgehead atoms. The van der Waals surface area contributed by atoms with Crippen LogP contribution in [0.15, 0.2) is 4.52 Å². The summed E-state index contributed by atoms with van der Waals surface area (Å²) in [5, 5.41) is 12.2. The molecular formula is C14H20N6O3. The molecule has 1 aromatic rings. The maximum absolute atomic E-state index is 12.4. The number of likely N-dealkylation sites (N-methyl/N-ethyl adjacent to an activating group) is 1. The van der Waals surface area contributed by atoms with Crippen molar-refractivity contribution >= 4 is 11.8 Å². The lowest BCUT2D eigenvalue weighted by atomic mass is 10.2. The highest BCUT2D eigenvalue weighted by molar-refractivity contribution is 5.88. The van der Waals surface area contributed by atoms with Gasteiger partial charge in [0.25, 0.3) is 11.7 Å². The average Bonchev–Trinajstić information content (AvgIpc) is 3.16. The first-order chi connectivity index (χ1) is 11.1. The third-order valence-corrected chi connectivity index (χ3v) is 3.88. The molecule has 1 saturated heterocycles. The van der Waals surface area contributed by atoms with Crippen LogP contribution in [0.1, 0.15) is 48.7 Å². The third-order valence-electron chi connectivity index (χ3n) is 3.88. The van der Waals surface area contributed by atoms with Gasteiger partial charge in [-0.1, -0.05) is 5.16 Å². The fourth-order valence-electron chi connectivity index (χ4n) is 2.68. The summed E-state index contributed by atoms with van der Waals surface area (Å²) < 4.78 is 5.10. The Morgan fingerprint density at radius 2 is 2.35 bits per heavy atom. The van der Waals surface area contributed by atoms with Crippen LogP contribution in [-0.2, 0) is 4.79 Å². The van der Waals surface area contributed by atoms with E-state index in [4.69, 9.17) is 15.5 Å². The lowest BCUT2D eigenvalue weighted by Gasteiger charge is -2.25. The topological polar surface area (TPSA) is 129 Å². The number of aromatic nitrogens is 2. The Bertz CT molecular complexity index is 608. The van der Waals surface area contributed by atoms with Crippen molar-refractivity contribution in [3.05, 3.63) is 11.7 Å². The van der Waals surface area contributed by atoms with Crippen LogP contribution in [0.5, 0.6) is 0 Å². The minimum absolute atomic E-state index is 0.0377. The quantitative estimate of drug-likeness (QED) is 0.752. The molecule has 1 aliphatic rings. The molecule has 2 heterocycles. The molecule has 0 unspecified atom stereocenters. The molecule has 1 aromatic heterocycles. The summed E-state index contributed by atoms with van der Waals surface area (Å²) in [6.07, 6.45) is 1.99. The molecule has 0 saturated carbocycles. The van der Waals surface area contributed by atoms with E-state index >= 15 is 0 Å². The molecule has 2 amide bonds. The van der Waals surface area contributed by atoms with Gasteiger partial charge in [0.1, 0.15) is 0 Å². The van der Waals surface area contributed by atoms with Crippen molar-refractivity contribution in [3.63, 3.8) is 0 Å². The summed E-state index contributed by atoms with van der Waals surface area (Å²) in [6, 6.07) is 1.86. The Hall–Kier alpha value is -2.47.